The second-order valence-corrected chi connectivity index (χ2v) is 7.22. The second-order valence-electron chi connectivity index (χ2n) is 6.78. The van der Waals surface area contributed by atoms with Crippen molar-refractivity contribution in [3.8, 4) is 0 Å². The highest BCUT2D eigenvalue weighted by atomic mass is 35.5. The smallest absolute Gasteiger partial charge is 0.329 e. The summed E-state index contributed by atoms with van der Waals surface area (Å²) in [7, 11) is 0. The average Bonchev–Trinajstić information content (AvgIpc) is 2.70. The van der Waals surface area contributed by atoms with Crippen molar-refractivity contribution in [3.63, 3.8) is 0 Å². The highest BCUT2D eigenvalue weighted by Crippen LogP contribution is 2.12. The molecule has 0 heterocycles. The van der Waals surface area contributed by atoms with E-state index in [9.17, 15) is 14.4 Å². The molecule has 0 saturated carbocycles. The number of benzene rings is 2. The molecule has 0 aliphatic heterocycles. The van der Waals surface area contributed by atoms with Gasteiger partial charge in [0.1, 0.15) is 6.04 Å². The number of aryl methyl sites for hydroxylation is 1. The van der Waals surface area contributed by atoms with Gasteiger partial charge in [-0.1, -0.05) is 56.6 Å². The summed E-state index contributed by atoms with van der Waals surface area (Å²) in [4.78, 5) is 37.0. The molecule has 5 nitrogen and oxygen atoms in total. The van der Waals surface area contributed by atoms with Crippen molar-refractivity contribution >= 4 is 29.3 Å². The SMILES string of the molecule is CCc1ccc(C(=O)COC(=O)C(NC(=O)c2ccc(Cl)cc2)C(C)C)cc1. The average molecular weight is 402 g/mol. The summed E-state index contributed by atoms with van der Waals surface area (Å²) in [5, 5.41) is 3.18. The minimum absolute atomic E-state index is 0.206. The van der Waals surface area contributed by atoms with E-state index in [0.29, 0.717) is 16.1 Å². The molecule has 2 rings (SSSR count). The molecule has 2 aromatic rings. The van der Waals surface area contributed by atoms with Crippen molar-refractivity contribution in [3.05, 3.63) is 70.2 Å². The molecule has 148 valence electrons. The molecule has 0 radical (unpaired) electrons. The molecule has 1 N–H and O–H groups in total. The van der Waals surface area contributed by atoms with Crippen molar-refractivity contribution in [2.24, 2.45) is 5.92 Å². The van der Waals surface area contributed by atoms with Crippen LogP contribution in [0.5, 0.6) is 0 Å². The summed E-state index contributed by atoms with van der Waals surface area (Å²) in [6, 6.07) is 12.7. The van der Waals surface area contributed by atoms with Crippen molar-refractivity contribution in [2.45, 2.75) is 33.2 Å². The monoisotopic (exact) mass is 401 g/mol. The van der Waals surface area contributed by atoms with Gasteiger partial charge in [-0.2, -0.15) is 0 Å². The zero-order valence-electron chi connectivity index (χ0n) is 16.2. The lowest BCUT2D eigenvalue weighted by atomic mass is 10.0. The van der Waals surface area contributed by atoms with E-state index >= 15 is 0 Å². The Labute approximate surface area is 170 Å². The van der Waals surface area contributed by atoms with Gasteiger partial charge in [0.15, 0.2) is 12.4 Å². The van der Waals surface area contributed by atoms with Crippen LogP contribution in [-0.2, 0) is 16.0 Å². The molecule has 6 heteroatoms. The Morgan fingerprint density at radius 3 is 2.07 bits per heavy atom. The zero-order valence-corrected chi connectivity index (χ0v) is 17.0. The highest BCUT2D eigenvalue weighted by molar-refractivity contribution is 6.30. The predicted octanol–water partition coefficient (Wildman–Crippen LogP) is 4.08. The molecule has 1 unspecified atom stereocenters. The molecule has 1 atom stereocenters. The minimum Gasteiger partial charge on any atom is -0.456 e. The van der Waals surface area contributed by atoms with E-state index in [-0.39, 0.29) is 18.3 Å². The molecule has 1 amide bonds. The maximum Gasteiger partial charge on any atom is 0.329 e. The third-order valence-electron chi connectivity index (χ3n) is 4.34. The van der Waals surface area contributed by atoms with Gasteiger partial charge >= 0.3 is 5.97 Å². The zero-order chi connectivity index (χ0) is 20.7. The summed E-state index contributed by atoms with van der Waals surface area (Å²) in [5.74, 6) is -1.55. The molecule has 0 aromatic heterocycles. The number of esters is 1. The van der Waals surface area contributed by atoms with Gasteiger partial charge in [0, 0.05) is 16.1 Å². The van der Waals surface area contributed by atoms with Crippen LogP contribution in [0.25, 0.3) is 0 Å². The first-order chi connectivity index (χ1) is 13.3. The van der Waals surface area contributed by atoms with E-state index < -0.39 is 17.9 Å². The molecular formula is C22H24ClNO4. The number of Topliss-reactive ketones (excluding diaryl/α,β-unsaturated/α-hetero) is 1. The Bertz CT molecular complexity index is 829. The molecule has 0 fully saturated rings. The standard InChI is InChI=1S/C22H24ClNO4/c1-4-15-5-7-16(8-6-15)19(25)13-28-22(27)20(14(2)3)24-21(26)17-9-11-18(23)12-10-17/h5-12,14,20H,4,13H2,1-3H3,(H,24,26). The second kappa shape index (κ2) is 10.0. The first-order valence-electron chi connectivity index (χ1n) is 9.17. The fourth-order valence-corrected chi connectivity index (χ4v) is 2.69. The quantitative estimate of drug-likeness (QED) is 0.534. The Balaban J connectivity index is 1.97. The number of hydrogen-bond donors (Lipinski definition) is 1. The van der Waals surface area contributed by atoms with Gasteiger partial charge < -0.3 is 10.1 Å². The summed E-state index contributed by atoms with van der Waals surface area (Å²) in [5.41, 5.74) is 1.99. The van der Waals surface area contributed by atoms with Gasteiger partial charge in [-0.05, 0) is 42.2 Å². The number of halogens is 1. The topological polar surface area (TPSA) is 72.5 Å². The molecule has 2 aromatic carbocycles. The third kappa shape index (κ3) is 5.92. The number of hydrogen-bond acceptors (Lipinski definition) is 4. The summed E-state index contributed by atoms with van der Waals surface area (Å²) in [6.45, 7) is 5.24. The maximum atomic E-state index is 12.4. The van der Waals surface area contributed by atoms with Crippen LogP contribution in [0.15, 0.2) is 48.5 Å². The van der Waals surface area contributed by atoms with E-state index in [0.717, 1.165) is 12.0 Å². The highest BCUT2D eigenvalue weighted by Gasteiger charge is 2.27. The van der Waals surface area contributed by atoms with Gasteiger partial charge in [-0.15, -0.1) is 0 Å². The molecule has 0 bridgehead atoms. The van der Waals surface area contributed by atoms with E-state index in [4.69, 9.17) is 16.3 Å². The van der Waals surface area contributed by atoms with Crippen LogP contribution >= 0.6 is 11.6 Å². The van der Waals surface area contributed by atoms with Crippen LogP contribution in [0, 0.1) is 5.92 Å². The van der Waals surface area contributed by atoms with Gasteiger partial charge in [0.2, 0.25) is 0 Å². The minimum atomic E-state index is -0.863. The van der Waals surface area contributed by atoms with Crippen LogP contribution in [0.4, 0.5) is 0 Å². The molecule has 0 saturated heterocycles. The van der Waals surface area contributed by atoms with Crippen LogP contribution in [0.1, 0.15) is 47.1 Å². The lowest BCUT2D eigenvalue weighted by molar-refractivity contribution is -0.145. The summed E-state index contributed by atoms with van der Waals surface area (Å²) in [6.07, 6.45) is 0.882. The number of ether oxygens (including phenoxy) is 1. The number of amides is 1. The molecule has 0 aliphatic rings. The Kier molecular flexibility index (Phi) is 7.76. The van der Waals surface area contributed by atoms with Gasteiger partial charge in [0.05, 0.1) is 0 Å². The van der Waals surface area contributed by atoms with E-state index in [1.165, 1.54) is 0 Å². The molecular weight excluding hydrogens is 378 g/mol. The number of rotatable bonds is 8. The van der Waals surface area contributed by atoms with Crippen LogP contribution in [0.2, 0.25) is 5.02 Å². The van der Waals surface area contributed by atoms with Crippen LogP contribution in [-0.4, -0.2) is 30.3 Å². The Morgan fingerprint density at radius 2 is 1.54 bits per heavy atom. The van der Waals surface area contributed by atoms with E-state index in [1.807, 2.05) is 19.1 Å². The predicted molar refractivity (Wildman–Crippen MR) is 109 cm³/mol. The summed E-state index contributed by atoms with van der Waals surface area (Å²) < 4.78 is 5.17. The fraction of sp³-hybridized carbons (Fsp3) is 0.318. The van der Waals surface area contributed by atoms with Crippen molar-refractivity contribution in [2.75, 3.05) is 6.61 Å². The van der Waals surface area contributed by atoms with Crippen LogP contribution < -0.4 is 5.32 Å². The third-order valence-corrected chi connectivity index (χ3v) is 4.60. The van der Waals surface area contributed by atoms with Crippen LogP contribution in [0.3, 0.4) is 0 Å². The van der Waals surface area contributed by atoms with Crippen molar-refractivity contribution in [1.82, 2.24) is 5.32 Å². The maximum absolute atomic E-state index is 12.4. The normalized spacial score (nSPS) is 11.8. The first kappa shape index (κ1) is 21.6. The Hall–Kier alpha value is -2.66. The number of carbonyl (C=O) groups is 3. The van der Waals surface area contributed by atoms with E-state index in [1.54, 1.807) is 50.2 Å². The molecule has 0 spiro atoms. The number of ketones is 1. The molecule has 0 aliphatic carbocycles. The largest absolute Gasteiger partial charge is 0.456 e. The van der Waals surface area contributed by atoms with Crippen molar-refractivity contribution < 1.29 is 19.1 Å². The number of nitrogens with one attached hydrogen (secondary N) is 1. The van der Waals surface area contributed by atoms with Crippen molar-refractivity contribution in [1.29, 1.82) is 0 Å². The van der Waals surface area contributed by atoms with Gasteiger partial charge in [0.25, 0.3) is 5.91 Å². The first-order valence-corrected chi connectivity index (χ1v) is 9.54. The van der Waals surface area contributed by atoms with E-state index in [2.05, 4.69) is 5.32 Å². The number of carbonyl (C=O) groups excluding carboxylic acids is 3. The van der Waals surface area contributed by atoms with Gasteiger partial charge in [-0.25, -0.2) is 4.79 Å². The van der Waals surface area contributed by atoms with Gasteiger partial charge in [-0.3, -0.25) is 9.59 Å². The summed E-state index contributed by atoms with van der Waals surface area (Å²) >= 11 is 5.82. The Morgan fingerprint density at radius 1 is 0.964 bits per heavy atom. The lowest BCUT2D eigenvalue weighted by Crippen LogP contribution is -2.45. The fourth-order valence-electron chi connectivity index (χ4n) is 2.56. The molecule has 28 heavy (non-hydrogen) atoms. The lowest BCUT2D eigenvalue weighted by Gasteiger charge is -2.20.